The maximum atomic E-state index is 13.4. The topological polar surface area (TPSA) is 29.9 Å². The highest BCUT2D eigenvalue weighted by Crippen LogP contribution is 2.20. The number of aryl methyl sites for hydroxylation is 2. The maximum absolute atomic E-state index is 13.4. The number of nitrogens with zero attached hydrogens (tertiary/aromatic N) is 2. The average molecular weight is 275 g/mol. The summed E-state index contributed by atoms with van der Waals surface area (Å²) in [6.45, 7) is 4.88. The molecule has 1 aromatic heterocycles. The van der Waals surface area contributed by atoms with Gasteiger partial charge in [-0.2, -0.15) is 5.10 Å². The van der Waals surface area contributed by atoms with Gasteiger partial charge >= 0.3 is 0 Å². The average Bonchev–Trinajstić information content (AvgIpc) is 2.83. The molecule has 0 amide bonds. The molecule has 2 rings (SSSR count). The van der Waals surface area contributed by atoms with Gasteiger partial charge in [0.05, 0.1) is 5.69 Å². The first kappa shape index (κ1) is 14.7. The fourth-order valence-corrected chi connectivity index (χ4v) is 2.29. The highest BCUT2D eigenvalue weighted by Gasteiger charge is 2.14. The molecule has 0 aliphatic carbocycles. The molecule has 0 spiro atoms. The van der Waals surface area contributed by atoms with E-state index in [1.54, 1.807) is 13.0 Å². The summed E-state index contributed by atoms with van der Waals surface area (Å²) in [7, 11) is 1.92. The minimum absolute atomic E-state index is 0.152. The Labute approximate surface area is 119 Å². The van der Waals surface area contributed by atoms with Crippen molar-refractivity contribution in [3.8, 4) is 0 Å². The Kier molecular flexibility index (Phi) is 4.90. The maximum Gasteiger partial charge on any atom is 0.126 e. The molecule has 0 aliphatic rings. The second kappa shape index (κ2) is 6.66. The van der Waals surface area contributed by atoms with Crippen molar-refractivity contribution in [1.29, 1.82) is 0 Å². The van der Waals surface area contributed by atoms with Gasteiger partial charge < -0.3 is 5.32 Å². The third kappa shape index (κ3) is 3.67. The standard InChI is InChI=1S/C16H22FN3/c1-4-8-18-16(11-14-7-9-20(3)19-14)13-5-6-15(17)12(2)10-13/h5-7,9-10,16,18H,4,8,11H2,1-3H3. The van der Waals surface area contributed by atoms with Gasteiger partial charge in [0.2, 0.25) is 0 Å². The van der Waals surface area contributed by atoms with Gasteiger partial charge in [-0.3, -0.25) is 4.68 Å². The Morgan fingerprint density at radius 1 is 1.35 bits per heavy atom. The third-order valence-corrected chi connectivity index (χ3v) is 3.41. The molecular weight excluding hydrogens is 253 g/mol. The third-order valence-electron chi connectivity index (χ3n) is 3.41. The molecule has 1 atom stereocenters. The fourth-order valence-electron chi connectivity index (χ4n) is 2.29. The Hall–Kier alpha value is -1.68. The summed E-state index contributed by atoms with van der Waals surface area (Å²) < 4.78 is 15.2. The van der Waals surface area contributed by atoms with Gasteiger partial charge in [-0.15, -0.1) is 0 Å². The molecule has 2 aromatic rings. The van der Waals surface area contributed by atoms with Crippen molar-refractivity contribution in [1.82, 2.24) is 15.1 Å². The van der Waals surface area contributed by atoms with E-state index in [4.69, 9.17) is 0 Å². The number of aromatic nitrogens is 2. The lowest BCUT2D eigenvalue weighted by atomic mass is 10.00. The number of hydrogen-bond donors (Lipinski definition) is 1. The summed E-state index contributed by atoms with van der Waals surface area (Å²) in [6.07, 6.45) is 3.83. The summed E-state index contributed by atoms with van der Waals surface area (Å²) in [5, 5.41) is 7.95. The molecule has 108 valence electrons. The molecule has 1 aromatic carbocycles. The lowest BCUT2D eigenvalue weighted by molar-refractivity contribution is 0.519. The molecule has 0 saturated heterocycles. The number of rotatable bonds is 6. The number of halogens is 1. The summed E-state index contributed by atoms with van der Waals surface area (Å²) in [4.78, 5) is 0. The second-order valence-electron chi connectivity index (χ2n) is 5.20. The van der Waals surface area contributed by atoms with Crippen LogP contribution in [0.1, 0.15) is 36.2 Å². The van der Waals surface area contributed by atoms with Gasteiger partial charge in [0.15, 0.2) is 0 Å². The predicted molar refractivity (Wildman–Crippen MR) is 79.1 cm³/mol. The number of hydrogen-bond acceptors (Lipinski definition) is 2. The molecule has 1 unspecified atom stereocenters. The van der Waals surface area contributed by atoms with Crippen LogP contribution in [0.25, 0.3) is 0 Å². The Balaban J connectivity index is 2.19. The number of benzene rings is 1. The van der Waals surface area contributed by atoms with E-state index in [9.17, 15) is 4.39 Å². The van der Waals surface area contributed by atoms with Gasteiger partial charge in [0.1, 0.15) is 5.82 Å². The largest absolute Gasteiger partial charge is 0.310 e. The van der Waals surface area contributed by atoms with E-state index in [0.29, 0.717) is 5.56 Å². The molecule has 1 heterocycles. The highest BCUT2D eigenvalue weighted by molar-refractivity contribution is 5.27. The van der Waals surface area contributed by atoms with Crippen molar-refractivity contribution in [3.05, 3.63) is 53.1 Å². The van der Waals surface area contributed by atoms with E-state index in [1.165, 1.54) is 0 Å². The fraction of sp³-hybridized carbons (Fsp3) is 0.438. The van der Waals surface area contributed by atoms with Crippen molar-refractivity contribution in [3.63, 3.8) is 0 Å². The smallest absolute Gasteiger partial charge is 0.126 e. The zero-order valence-electron chi connectivity index (χ0n) is 12.4. The molecule has 0 saturated carbocycles. The normalized spacial score (nSPS) is 12.6. The van der Waals surface area contributed by atoms with E-state index in [0.717, 1.165) is 30.6 Å². The van der Waals surface area contributed by atoms with Gasteiger partial charge in [-0.05, 0) is 43.1 Å². The SMILES string of the molecule is CCCNC(Cc1ccn(C)n1)c1ccc(F)c(C)c1. The predicted octanol–water partition coefficient (Wildman–Crippen LogP) is 3.15. The molecule has 0 bridgehead atoms. The van der Waals surface area contributed by atoms with E-state index in [-0.39, 0.29) is 11.9 Å². The van der Waals surface area contributed by atoms with Crippen LogP contribution in [0.2, 0.25) is 0 Å². The summed E-state index contributed by atoms with van der Waals surface area (Å²) in [6, 6.07) is 7.52. The second-order valence-corrected chi connectivity index (χ2v) is 5.20. The van der Waals surface area contributed by atoms with Crippen molar-refractivity contribution >= 4 is 0 Å². The first-order valence-electron chi connectivity index (χ1n) is 7.08. The number of nitrogens with one attached hydrogen (secondary N) is 1. The zero-order chi connectivity index (χ0) is 14.5. The van der Waals surface area contributed by atoms with E-state index < -0.39 is 0 Å². The molecule has 20 heavy (non-hydrogen) atoms. The Bertz CT molecular complexity index is 563. The van der Waals surface area contributed by atoms with Crippen LogP contribution in [-0.4, -0.2) is 16.3 Å². The van der Waals surface area contributed by atoms with Crippen LogP contribution >= 0.6 is 0 Å². The lowest BCUT2D eigenvalue weighted by Crippen LogP contribution is -2.24. The van der Waals surface area contributed by atoms with Crippen LogP contribution in [0.5, 0.6) is 0 Å². The monoisotopic (exact) mass is 275 g/mol. The first-order valence-corrected chi connectivity index (χ1v) is 7.08. The Morgan fingerprint density at radius 3 is 2.75 bits per heavy atom. The van der Waals surface area contributed by atoms with E-state index in [1.807, 2.05) is 36.1 Å². The molecule has 0 aliphatic heterocycles. The molecular formula is C16H22FN3. The van der Waals surface area contributed by atoms with Crippen LogP contribution in [0, 0.1) is 12.7 Å². The van der Waals surface area contributed by atoms with Crippen LogP contribution < -0.4 is 5.32 Å². The molecule has 0 radical (unpaired) electrons. The zero-order valence-corrected chi connectivity index (χ0v) is 12.4. The van der Waals surface area contributed by atoms with E-state index >= 15 is 0 Å². The van der Waals surface area contributed by atoms with Crippen molar-refractivity contribution in [2.45, 2.75) is 32.7 Å². The van der Waals surface area contributed by atoms with Crippen molar-refractivity contribution in [2.75, 3.05) is 6.54 Å². The molecule has 4 heteroatoms. The Morgan fingerprint density at radius 2 is 2.15 bits per heavy atom. The minimum atomic E-state index is -0.152. The van der Waals surface area contributed by atoms with Gasteiger partial charge in [-0.1, -0.05) is 19.1 Å². The van der Waals surface area contributed by atoms with Crippen LogP contribution in [-0.2, 0) is 13.5 Å². The summed E-state index contributed by atoms with van der Waals surface area (Å²) >= 11 is 0. The van der Waals surface area contributed by atoms with Crippen molar-refractivity contribution < 1.29 is 4.39 Å². The highest BCUT2D eigenvalue weighted by atomic mass is 19.1. The van der Waals surface area contributed by atoms with Crippen LogP contribution in [0.15, 0.2) is 30.5 Å². The lowest BCUT2D eigenvalue weighted by Gasteiger charge is -2.18. The van der Waals surface area contributed by atoms with E-state index in [2.05, 4.69) is 17.3 Å². The van der Waals surface area contributed by atoms with Crippen LogP contribution in [0.3, 0.4) is 0 Å². The van der Waals surface area contributed by atoms with Gasteiger partial charge in [0.25, 0.3) is 0 Å². The summed E-state index contributed by atoms with van der Waals surface area (Å²) in [5.74, 6) is -0.152. The van der Waals surface area contributed by atoms with Gasteiger partial charge in [-0.25, -0.2) is 4.39 Å². The van der Waals surface area contributed by atoms with Crippen LogP contribution in [0.4, 0.5) is 4.39 Å². The molecule has 0 fully saturated rings. The first-order chi connectivity index (χ1) is 9.60. The quantitative estimate of drug-likeness (QED) is 0.877. The van der Waals surface area contributed by atoms with Crippen molar-refractivity contribution in [2.24, 2.45) is 7.05 Å². The minimum Gasteiger partial charge on any atom is -0.310 e. The van der Waals surface area contributed by atoms with Gasteiger partial charge in [0, 0.05) is 25.7 Å². The molecule has 3 nitrogen and oxygen atoms in total. The molecule has 1 N–H and O–H groups in total. The summed E-state index contributed by atoms with van der Waals surface area (Å²) in [5.41, 5.74) is 2.85.